The molecule has 1 aliphatic rings. The Bertz CT molecular complexity index is 187. The first-order valence-corrected chi connectivity index (χ1v) is 4.59. The molecule has 0 aromatic carbocycles. The first-order valence-electron chi connectivity index (χ1n) is 3.77. The highest BCUT2D eigenvalue weighted by Gasteiger charge is 2.06. The molecule has 10 heavy (non-hydrogen) atoms. The molecular weight excluding hydrogens is 140 g/mol. The van der Waals surface area contributed by atoms with Gasteiger partial charge in [-0.3, -0.25) is 0 Å². The van der Waals surface area contributed by atoms with E-state index in [1.165, 1.54) is 22.7 Å². The average Bonchev–Trinajstić information content (AvgIpc) is 1.88. The quantitative estimate of drug-likeness (QED) is 0.555. The summed E-state index contributed by atoms with van der Waals surface area (Å²) in [5.41, 5.74) is 1.61. The van der Waals surface area contributed by atoms with Crippen molar-refractivity contribution in [2.24, 2.45) is 0 Å². The van der Waals surface area contributed by atoms with Crippen molar-refractivity contribution >= 4 is 11.8 Å². The third kappa shape index (κ3) is 1.66. The topological polar surface area (TPSA) is 0 Å². The van der Waals surface area contributed by atoms with Gasteiger partial charge in [0.05, 0.1) is 0 Å². The molecule has 0 amide bonds. The fourth-order valence-electron chi connectivity index (χ4n) is 1.16. The molecule has 0 saturated heterocycles. The van der Waals surface area contributed by atoms with E-state index in [2.05, 4.69) is 26.8 Å². The van der Waals surface area contributed by atoms with E-state index in [9.17, 15) is 0 Å². The van der Waals surface area contributed by atoms with Crippen LogP contribution in [0.3, 0.4) is 0 Å². The SMILES string of the molecule is CCC1=C(C)SC(C)=CC1. The number of allylic oxidation sites excluding steroid dienone is 4. The van der Waals surface area contributed by atoms with Crippen LogP contribution in [0.4, 0.5) is 0 Å². The van der Waals surface area contributed by atoms with Gasteiger partial charge < -0.3 is 0 Å². The normalized spacial score (nSPS) is 19.3. The smallest absolute Gasteiger partial charge is 0.0117 e. The van der Waals surface area contributed by atoms with Gasteiger partial charge in [-0.2, -0.15) is 0 Å². The van der Waals surface area contributed by atoms with E-state index < -0.39 is 0 Å². The summed E-state index contributed by atoms with van der Waals surface area (Å²) < 4.78 is 0. The van der Waals surface area contributed by atoms with Gasteiger partial charge in [0.25, 0.3) is 0 Å². The lowest BCUT2D eigenvalue weighted by atomic mass is 10.1. The Morgan fingerprint density at radius 3 is 2.70 bits per heavy atom. The Hall–Kier alpha value is -0.170. The van der Waals surface area contributed by atoms with Crippen molar-refractivity contribution in [3.8, 4) is 0 Å². The van der Waals surface area contributed by atoms with Gasteiger partial charge >= 0.3 is 0 Å². The van der Waals surface area contributed by atoms with Gasteiger partial charge in [-0.05, 0) is 36.5 Å². The summed E-state index contributed by atoms with van der Waals surface area (Å²) in [5, 5.41) is 0. The predicted molar refractivity (Wildman–Crippen MR) is 49.0 cm³/mol. The van der Waals surface area contributed by atoms with Gasteiger partial charge in [-0.15, -0.1) is 0 Å². The minimum Gasteiger partial charge on any atom is -0.1000 e. The third-order valence-electron chi connectivity index (χ3n) is 1.87. The molecule has 1 aliphatic heterocycles. The molecule has 0 aromatic rings. The zero-order chi connectivity index (χ0) is 7.56. The molecule has 0 N–H and O–H groups in total. The van der Waals surface area contributed by atoms with Crippen molar-refractivity contribution in [2.45, 2.75) is 33.6 Å². The Morgan fingerprint density at radius 2 is 2.20 bits per heavy atom. The van der Waals surface area contributed by atoms with Gasteiger partial charge in [-0.1, -0.05) is 30.3 Å². The van der Waals surface area contributed by atoms with E-state index in [1.54, 1.807) is 5.57 Å². The molecule has 0 bridgehead atoms. The Morgan fingerprint density at radius 1 is 1.50 bits per heavy atom. The van der Waals surface area contributed by atoms with E-state index in [1.807, 2.05) is 11.8 Å². The molecule has 0 nitrogen and oxygen atoms in total. The van der Waals surface area contributed by atoms with E-state index in [-0.39, 0.29) is 0 Å². The summed E-state index contributed by atoms with van der Waals surface area (Å²) >= 11 is 1.91. The van der Waals surface area contributed by atoms with E-state index in [0.29, 0.717) is 0 Å². The number of rotatable bonds is 1. The Kier molecular flexibility index (Phi) is 2.61. The molecule has 0 aromatic heterocycles. The second kappa shape index (κ2) is 3.29. The van der Waals surface area contributed by atoms with Crippen LogP contribution in [0.25, 0.3) is 0 Å². The second-order valence-electron chi connectivity index (χ2n) is 2.63. The van der Waals surface area contributed by atoms with E-state index >= 15 is 0 Å². The van der Waals surface area contributed by atoms with Gasteiger partial charge in [0.15, 0.2) is 0 Å². The maximum Gasteiger partial charge on any atom is -0.0117 e. The van der Waals surface area contributed by atoms with E-state index in [0.717, 1.165) is 0 Å². The van der Waals surface area contributed by atoms with Crippen LogP contribution in [0.15, 0.2) is 21.5 Å². The summed E-state index contributed by atoms with van der Waals surface area (Å²) in [4.78, 5) is 2.97. The van der Waals surface area contributed by atoms with Gasteiger partial charge in [0, 0.05) is 0 Å². The minimum absolute atomic E-state index is 1.18. The number of hydrogen-bond donors (Lipinski definition) is 0. The zero-order valence-corrected chi connectivity index (χ0v) is 7.72. The zero-order valence-electron chi connectivity index (χ0n) is 6.90. The highest BCUT2D eigenvalue weighted by Crippen LogP contribution is 2.34. The molecule has 0 aliphatic carbocycles. The molecule has 1 rings (SSSR count). The molecule has 1 heterocycles. The first-order chi connectivity index (χ1) is 4.74. The van der Waals surface area contributed by atoms with Crippen LogP contribution >= 0.6 is 11.8 Å². The van der Waals surface area contributed by atoms with Gasteiger partial charge in [0.2, 0.25) is 0 Å². The third-order valence-corrected chi connectivity index (χ3v) is 2.96. The van der Waals surface area contributed by atoms with Crippen molar-refractivity contribution in [1.29, 1.82) is 0 Å². The summed E-state index contributed by atoms with van der Waals surface area (Å²) in [6, 6.07) is 0. The first kappa shape index (κ1) is 7.93. The lowest BCUT2D eigenvalue weighted by molar-refractivity contribution is 1.01. The molecule has 0 spiro atoms. The van der Waals surface area contributed by atoms with Crippen LogP contribution in [0, 0.1) is 0 Å². The Balaban J connectivity index is 2.68. The maximum absolute atomic E-state index is 2.32. The minimum atomic E-state index is 1.18. The van der Waals surface area contributed by atoms with E-state index in [4.69, 9.17) is 0 Å². The largest absolute Gasteiger partial charge is 0.1000 e. The molecule has 1 heteroatoms. The van der Waals surface area contributed by atoms with Crippen LogP contribution < -0.4 is 0 Å². The molecule has 0 atom stereocenters. The monoisotopic (exact) mass is 154 g/mol. The van der Waals surface area contributed by atoms with Crippen LogP contribution in [-0.2, 0) is 0 Å². The molecule has 0 fully saturated rings. The van der Waals surface area contributed by atoms with Crippen molar-refractivity contribution in [1.82, 2.24) is 0 Å². The molecule has 0 unspecified atom stereocenters. The lowest BCUT2D eigenvalue weighted by Crippen LogP contribution is -1.89. The van der Waals surface area contributed by atoms with Gasteiger partial charge in [0.1, 0.15) is 0 Å². The second-order valence-corrected chi connectivity index (χ2v) is 4.09. The maximum atomic E-state index is 2.32. The van der Waals surface area contributed by atoms with Crippen molar-refractivity contribution in [3.63, 3.8) is 0 Å². The number of hydrogen-bond acceptors (Lipinski definition) is 1. The highest BCUT2D eigenvalue weighted by molar-refractivity contribution is 8.06. The summed E-state index contributed by atoms with van der Waals surface area (Å²) in [6.07, 6.45) is 4.71. The fourth-order valence-corrected chi connectivity index (χ4v) is 2.18. The summed E-state index contributed by atoms with van der Waals surface area (Å²) in [5.74, 6) is 0. The van der Waals surface area contributed by atoms with Crippen molar-refractivity contribution in [3.05, 3.63) is 21.5 Å². The fraction of sp³-hybridized carbons (Fsp3) is 0.556. The van der Waals surface area contributed by atoms with Gasteiger partial charge in [-0.25, -0.2) is 0 Å². The van der Waals surface area contributed by atoms with Crippen LogP contribution in [0.5, 0.6) is 0 Å². The standard InChI is InChI=1S/C9H14S/c1-4-9-6-5-7(2)10-8(9)3/h5H,4,6H2,1-3H3. The van der Waals surface area contributed by atoms with Crippen LogP contribution in [-0.4, -0.2) is 0 Å². The Labute approximate surface area is 67.4 Å². The summed E-state index contributed by atoms with van der Waals surface area (Å²) in [6.45, 7) is 6.63. The van der Waals surface area contributed by atoms with Crippen molar-refractivity contribution < 1.29 is 0 Å². The van der Waals surface area contributed by atoms with Crippen molar-refractivity contribution in [2.75, 3.05) is 0 Å². The lowest BCUT2D eigenvalue weighted by Gasteiger charge is -2.13. The predicted octanol–water partition coefficient (Wildman–Crippen LogP) is 3.71. The molecule has 56 valence electrons. The highest BCUT2D eigenvalue weighted by atomic mass is 32.2. The average molecular weight is 154 g/mol. The number of thioether (sulfide) groups is 1. The van der Waals surface area contributed by atoms with Crippen LogP contribution in [0.1, 0.15) is 33.6 Å². The molecule has 0 radical (unpaired) electrons. The molecule has 0 saturated carbocycles. The summed E-state index contributed by atoms with van der Waals surface area (Å²) in [7, 11) is 0. The van der Waals surface area contributed by atoms with Crippen LogP contribution in [0.2, 0.25) is 0 Å². The molecular formula is C9H14S.